The Kier molecular flexibility index (Phi) is 6.31. The number of hydrogen-bond donors (Lipinski definition) is 2. The third-order valence-corrected chi connectivity index (χ3v) is 6.97. The monoisotopic (exact) mass is 466 g/mol. The molecule has 1 heterocycles. The summed E-state index contributed by atoms with van der Waals surface area (Å²) in [5, 5.41) is 2.86. The minimum atomic E-state index is -4.04. The highest BCUT2D eigenvalue weighted by molar-refractivity contribution is 7.89. The minimum absolute atomic E-state index is 0.000937. The minimum Gasteiger partial charge on any atom is -0.325 e. The van der Waals surface area contributed by atoms with Gasteiger partial charge in [0.15, 0.2) is 0 Å². The van der Waals surface area contributed by atoms with Crippen molar-refractivity contribution in [1.29, 1.82) is 0 Å². The predicted molar refractivity (Wildman–Crippen MR) is 126 cm³/mol. The van der Waals surface area contributed by atoms with Crippen LogP contribution in [-0.2, 0) is 21.2 Å². The van der Waals surface area contributed by atoms with Crippen LogP contribution < -0.4 is 10.0 Å². The molecule has 2 N–H and O–H groups in total. The number of carbonyl (C=O) groups is 1. The van der Waals surface area contributed by atoms with E-state index in [1.807, 2.05) is 62.4 Å². The lowest BCUT2D eigenvalue weighted by molar-refractivity contribution is -0.117. The van der Waals surface area contributed by atoms with E-state index in [4.69, 9.17) is 0 Å². The first kappa shape index (κ1) is 22.1. The summed E-state index contributed by atoms with van der Waals surface area (Å²) in [6.07, 6.45) is 0.196. The molecule has 0 aliphatic carbocycles. The van der Waals surface area contributed by atoms with E-state index in [0.717, 1.165) is 28.4 Å². The maximum absolute atomic E-state index is 13.3. The maximum atomic E-state index is 13.3. The van der Waals surface area contributed by atoms with Gasteiger partial charge in [0.05, 0.1) is 11.7 Å². The zero-order chi connectivity index (χ0) is 22.7. The molecule has 1 amide bonds. The van der Waals surface area contributed by atoms with E-state index in [2.05, 4.69) is 18.8 Å². The average Bonchev–Trinajstić information content (AvgIpc) is 3.22. The molecule has 0 spiro atoms. The Labute approximate surface area is 190 Å². The molecule has 0 fully saturated rings. The summed E-state index contributed by atoms with van der Waals surface area (Å²) in [6, 6.07) is 18.7. The van der Waals surface area contributed by atoms with E-state index in [9.17, 15) is 13.2 Å². The Morgan fingerprint density at radius 1 is 0.969 bits per heavy atom. The third kappa shape index (κ3) is 5.01. The first-order valence-electron chi connectivity index (χ1n) is 9.98. The van der Waals surface area contributed by atoms with Gasteiger partial charge in [-0.3, -0.25) is 4.79 Å². The molecule has 0 saturated heterocycles. The normalized spacial score (nSPS) is 12.6. The van der Waals surface area contributed by atoms with Crippen LogP contribution >= 0.6 is 11.7 Å². The molecular formula is C23H22N4O3S2. The molecule has 0 aliphatic rings. The van der Waals surface area contributed by atoms with Crippen LogP contribution in [0.3, 0.4) is 0 Å². The molecular weight excluding hydrogens is 444 g/mol. The standard InChI is InChI=1S/C23H22N4O3S2/c1-15-11-16(2)13-18(12-15)24-23(28)20(14-17-7-4-3-5-8-17)27-32(29,30)21-10-6-9-19-22(21)26-31-25-19/h3-13,20,27H,14H2,1-2H3,(H,24,28)/t20-/m0/s1. The van der Waals surface area contributed by atoms with Gasteiger partial charge in [0.25, 0.3) is 0 Å². The summed E-state index contributed by atoms with van der Waals surface area (Å²) in [5.74, 6) is -0.439. The van der Waals surface area contributed by atoms with Crippen LogP contribution in [0, 0.1) is 13.8 Å². The number of aryl methyl sites for hydroxylation is 2. The number of amides is 1. The quantitative estimate of drug-likeness (QED) is 0.431. The molecule has 0 unspecified atom stereocenters. The Hall–Kier alpha value is -3.14. The summed E-state index contributed by atoms with van der Waals surface area (Å²) < 4.78 is 37.3. The molecule has 1 atom stereocenters. The predicted octanol–water partition coefficient (Wildman–Crippen LogP) is 3.84. The first-order chi connectivity index (χ1) is 15.3. The van der Waals surface area contributed by atoms with Crippen LogP contribution in [0.1, 0.15) is 16.7 Å². The lowest BCUT2D eigenvalue weighted by Crippen LogP contribution is -2.45. The number of rotatable bonds is 7. The van der Waals surface area contributed by atoms with Crippen LogP contribution in [-0.4, -0.2) is 29.1 Å². The van der Waals surface area contributed by atoms with Crippen molar-refractivity contribution in [2.75, 3.05) is 5.32 Å². The van der Waals surface area contributed by atoms with Crippen LogP contribution in [0.5, 0.6) is 0 Å². The number of anilines is 1. The van der Waals surface area contributed by atoms with E-state index >= 15 is 0 Å². The molecule has 3 aromatic carbocycles. The van der Waals surface area contributed by atoms with E-state index < -0.39 is 22.0 Å². The second kappa shape index (κ2) is 9.15. The molecule has 164 valence electrons. The number of nitrogens with one attached hydrogen (secondary N) is 2. The van der Waals surface area contributed by atoms with E-state index in [1.165, 1.54) is 6.07 Å². The Morgan fingerprint density at radius 2 is 1.69 bits per heavy atom. The van der Waals surface area contributed by atoms with E-state index in [-0.39, 0.29) is 16.8 Å². The van der Waals surface area contributed by atoms with Crippen LogP contribution in [0.15, 0.2) is 71.6 Å². The van der Waals surface area contributed by atoms with E-state index in [1.54, 1.807) is 12.1 Å². The lowest BCUT2D eigenvalue weighted by Gasteiger charge is -2.19. The number of benzene rings is 3. The van der Waals surface area contributed by atoms with Crippen LogP contribution in [0.4, 0.5) is 5.69 Å². The number of sulfonamides is 1. The molecule has 7 nitrogen and oxygen atoms in total. The Morgan fingerprint density at radius 3 is 2.41 bits per heavy atom. The number of hydrogen-bond acceptors (Lipinski definition) is 6. The molecule has 0 aliphatic heterocycles. The summed E-state index contributed by atoms with van der Waals surface area (Å²) in [7, 11) is -4.04. The van der Waals surface area contributed by atoms with Gasteiger partial charge < -0.3 is 5.32 Å². The molecule has 32 heavy (non-hydrogen) atoms. The van der Waals surface area contributed by atoms with Gasteiger partial charge in [-0.1, -0.05) is 42.5 Å². The van der Waals surface area contributed by atoms with Crippen molar-refractivity contribution in [2.45, 2.75) is 31.2 Å². The fraction of sp³-hybridized carbons (Fsp3) is 0.174. The summed E-state index contributed by atoms with van der Waals surface area (Å²) in [5.41, 5.74) is 4.25. The number of carbonyl (C=O) groups excluding carboxylic acids is 1. The number of nitrogens with zero attached hydrogens (tertiary/aromatic N) is 2. The van der Waals surface area contributed by atoms with Crippen molar-refractivity contribution in [1.82, 2.24) is 13.5 Å². The second-order valence-corrected chi connectivity index (χ2v) is 9.83. The smallest absolute Gasteiger partial charge is 0.243 e. The molecule has 0 radical (unpaired) electrons. The van der Waals surface area contributed by atoms with Crippen molar-refractivity contribution in [2.24, 2.45) is 0 Å². The highest BCUT2D eigenvalue weighted by atomic mass is 32.2. The highest BCUT2D eigenvalue weighted by Gasteiger charge is 2.28. The van der Waals surface area contributed by atoms with Crippen molar-refractivity contribution in [3.63, 3.8) is 0 Å². The molecule has 4 rings (SSSR count). The average molecular weight is 467 g/mol. The maximum Gasteiger partial charge on any atom is 0.243 e. The zero-order valence-corrected chi connectivity index (χ0v) is 19.2. The van der Waals surface area contributed by atoms with Crippen molar-refractivity contribution >= 4 is 44.4 Å². The van der Waals surface area contributed by atoms with Gasteiger partial charge in [0.1, 0.15) is 22.0 Å². The van der Waals surface area contributed by atoms with Gasteiger partial charge >= 0.3 is 0 Å². The second-order valence-electron chi connectivity index (χ2n) is 7.62. The van der Waals surface area contributed by atoms with Crippen LogP contribution in [0.2, 0.25) is 0 Å². The zero-order valence-electron chi connectivity index (χ0n) is 17.6. The Balaban J connectivity index is 1.65. The molecule has 0 bridgehead atoms. The van der Waals surface area contributed by atoms with Gasteiger partial charge in [-0.05, 0) is 61.2 Å². The van der Waals surface area contributed by atoms with Crippen molar-refractivity contribution in [3.8, 4) is 0 Å². The highest BCUT2D eigenvalue weighted by Crippen LogP contribution is 2.22. The Bertz CT molecular complexity index is 1350. The fourth-order valence-corrected chi connectivity index (χ4v) is 5.52. The van der Waals surface area contributed by atoms with Gasteiger partial charge in [-0.15, -0.1) is 0 Å². The van der Waals surface area contributed by atoms with Gasteiger partial charge in [-0.2, -0.15) is 13.5 Å². The molecule has 1 aromatic heterocycles. The summed E-state index contributed by atoms with van der Waals surface area (Å²) >= 11 is 0.944. The molecule has 4 aromatic rings. The third-order valence-electron chi connectivity index (χ3n) is 4.92. The van der Waals surface area contributed by atoms with Gasteiger partial charge in [0.2, 0.25) is 15.9 Å². The fourth-order valence-electron chi connectivity index (χ4n) is 3.56. The van der Waals surface area contributed by atoms with Crippen molar-refractivity contribution < 1.29 is 13.2 Å². The summed E-state index contributed by atoms with van der Waals surface area (Å²) in [4.78, 5) is 13.2. The summed E-state index contributed by atoms with van der Waals surface area (Å²) in [6.45, 7) is 3.88. The van der Waals surface area contributed by atoms with Crippen molar-refractivity contribution in [3.05, 3.63) is 83.4 Å². The van der Waals surface area contributed by atoms with Crippen LogP contribution in [0.25, 0.3) is 11.0 Å². The topological polar surface area (TPSA) is 101 Å². The first-order valence-corrected chi connectivity index (χ1v) is 12.2. The van der Waals surface area contributed by atoms with E-state index in [0.29, 0.717) is 11.2 Å². The number of fused-ring (bicyclic) bond motifs is 1. The lowest BCUT2D eigenvalue weighted by atomic mass is 10.1. The largest absolute Gasteiger partial charge is 0.325 e. The van der Waals surface area contributed by atoms with Gasteiger partial charge in [-0.25, -0.2) is 8.42 Å². The SMILES string of the molecule is Cc1cc(C)cc(NC(=O)[C@H](Cc2ccccc2)NS(=O)(=O)c2cccc3nsnc23)c1. The number of aromatic nitrogens is 2. The van der Waals surface area contributed by atoms with Gasteiger partial charge in [0, 0.05) is 5.69 Å². The molecule has 0 saturated carbocycles. The molecule has 9 heteroatoms.